The van der Waals surface area contributed by atoms with E-state index in [1.165, 1.54) is 12.1 Å². The second-order valence-electron chi connectivity index (χ2n) is 4.17. The number of rotatable bonds is 5. The van der Waals surface area contributed by atoms with Gasteiger partial charge in [-0.15, -0.1) is 0 Å². The summed E-state index contributed by atoms with van der Waals surface area (Å²) in [6, 6.07) is 14.7. The summed E-state index contributed by atoms with van der Waals surface area (Å²) in [6.45, 7) is 0.578. The van der Waals surface area contributed by atoms with Crippen LogP contribution in [0.3, 0.4) is 0 Å². The minimum Gasteiger partial charge on any atom is -0.477 e. The van der Waals surface area contributed by atoms with E-state index in [2.05, 4.69) is 10.3 Å². The molecule has 1 aromatic heterocycles. The van der Waals surface area contributed by atoms with Gasteiger partial charge in [-0.3, -0.25) is 0 Å². The Labute approximate surface area is 116 Å². The molecule has 0 bridgehead atoms. The predicted octanol–water partition coefficient (Wildman–Crippen LogP) is 2.31. The number of nitrogens with one attached hydrogen (secondary N) is 1. The predicted molar refractivity (Wildman–Crippen MR) is 74.5 cm³/mol. The van der Waals surface area contributed by atoms with Gasteiger partial charge in [0.15, 0.2) is 5.69 Å². The molecule has 0 atom stereocenters. The van der Waals surface area contributed by atoms with Crippen molar-refractivity contribution in [1.82, 2.24) is 4.98 Å². The molecule has 0 radical (unpaired) electrons. The van der Waals surface area contributed by atoms with Gasteiger partial charge in [-0.05, 0) is 24.1 Å². The second-order valence-corrected chi connectivity index (χ2v) is 4.17. The Morgan fingerprint density at radius 1 is 1.25 bits per heavy atom. The number of nitrogens with zero attached hydrogens (tertiary/aromatic N) is 2. The molecule has 0 aliphatic carbocycles. The van der Waals surface area contributed by atoms with Crippen LogP contribution in [-0.2, 0) is 6.42 Å². The Hall–Kier alpha value is -2.87. The third kappa shape index (κ3) is 3.33. The number of nitriles is 1. The number of benzene rings is 1. The molecule has 0 aliphatic rings. The first-order valence-electron chi connectivity index (χ1n) is 6.13. The highest BCUT2D eigenvalue weighted by Gasteiger charge is 2.09. The average Bonchev–Trinajstić information content (AvgIpc) is 2.48. The third-order valence-electron chi connectivity index (χ3n) is 2.78. The summed E-state index contributed by atoms with van der Waals surface area (Å²) >= 11 is 0. The van der Waals surface area contributed by atoms with E-state index >= 15 is 0 Å². The molecule has 0 saturated carbocycles. The minimum absolute atomic E-state index is 0.0776. The highest BCUT2D eigenvalue weighted by atomic mass is 16.4. The Morgan fingerprint density at radius 2 is 2.00 bits per heavy atom. The van der Waals surface area contributed by atoms with Gasteiger partial charge in [0.25, 0.3) is 0 Å². The van der Waals surface area contributed by atoms with Crippen LogP contribution in [0.15, 0.2) is 42.5 Å². The van der Waals surface area contributed by atoms with Crippen LogP contribution in [0, 0.1) is 11.3 Å². The van der Waals surface area contributed by atoms with E-state index in [1.807, 2.05) is 36.4 Å². The highest BCUT2D eigenvalue weighted by molar-refractivity contribution is 5.86. The molecule has 100 valence electrons. The van der Waals surface area contributed by atoms with Crippen LogP contribution < -0.4 is 5.32 Å². The fourth-order valence-electron chi connectivity index (χ4n) is 1.77. The summed E-state index contributed by atoms with van der Waals surface area (Å²) in [4.78, 5) is 14.8. The van der Waals surface area contributed by atoms with Crippen LogP contribution >= 0.6 is 0 Å². The van der Waals surface area contributed by atoms with E-state index in [1.54, 1.807) is 0 Å². The summed E-state index contributed by atoms with van der Waals surface area (Å²) in [6.07, 6.45) is 0.769. The van der Waals surface area contributed by atoms with Gasteiger partial charge in [-0.25, -0.2) is 9.78 Å². The van der Waals surface area contributed by atoms with Gasteiger partial charge < -0.3 is 10.4 Å². The van der Waals surface area contributed by atoms with Crippen molar-refractivity contribution in [3.63, 3.8) is 0 Å². The van der Waals surface area contributed by atoms with E-state index in [0.29, 0.717) is 17.9 Å². The molecule has 0 aliphatic heterocycles. The first kappa shape index (κ1) is 13.6. The van der Waals surface area contributed by atoms with Crippen molar-refractivity contribution in [2.75, 3.05) is 11.9 Å². The Bertz CT molecular complexity index is 648. The molecular formula is C15H13N3O2. The van der Waals surface area contributed by atoms with Gasteiger partial charge in [0.2, 0.25) is 0 Å². The molecule has 0 spiro atoms. The second kappa shape index (κ2) is 6.34. The van der Waals surface area contributed by atoms with Crippen LogP contribution in [0.1, 0.15) is 21.6 Å². The minimum atomic E-state index is -1.11. The third-order valence-corrected chi connectivity index (χ3v) is 2.78. The smallest absolute Gasteiger partial charge is 0.354 e. The van der Waals surface area contributed by atoms with Gasteiger partial charge >= 0.3 is 5.97 Å². The molecule has 5 nitrogen and oxygen atoms in total. The number of hydrogen-bond acceptors (Lipinski definition) is 4. The molecule has 20 heavy (non-hydrogen) atoms. The molecule has 2 aromatic rings. The van der Waals surface area contributed by atoms with Crippen molar-refractivity contribution in [3.05, 3.63) is 59.3 Å². The number of pyridine rings is 1. The van der Waals surface area contributed by atoms with Crippen LogP contribution in [-0.4, -0.2) is 22.6 Å². The van der Waals surface area contributed by atoms with E-state index in [0.717, 1.165) is 12.0 Å². The monoisotopic (exact) mass is 267 g/mol. The average molecular weight is 267 g/mol. The quantitative estimate of drug-likeness (QED) is 0.868. The standard InChI is InChI=1S/C15H13N3O2/c16-10-12-6-7-13(15(19)20)18-14(12)17-9-8-11-4-2-1-3-5-11/h1-7H,8-9H2,(H,17,18)(H,19,20). The maximum atomic E-state index is 10.9. The van der Waals surface area contributed by atoms with Crippen molar-refractivity contribution < 1.29 is 9.90 Å². The number of hydrogen-bond donors (Lipinski definition) is 2. The number of anilines is 1. The highest BCUT2D eigenvalue weighted by Crippen LogP contribution is 2.13. The van der Waals surface area contributed by atoms with E-state index in [-0.39, 0.29) is 5.69 Å². The van der Waals surface area contributed by atoms with Crippen LogP contribution in [0.5, 0.6) is 0 Å². The molecule has 0 amide bonds. The normalized spacial score (nSPS) is 9.75. The molecule has 1 aromatic carbocycles. The summed E-state index contributed by atoms with van der Waals surface area (Å²) in [5.41, 5.74) is 1.42. The molecule has 5 heteroatoms. The van der Waals surface area contributed by atoms with Gasteiger partial charge in [0, 0.05) is 6.54 Å². The molecule has 1 heterocycles. The lowest BCUT2D eigenvalue weighted by molar-refractivity contribution is 0.0690. The Morgan fingerprint density at radius 3 is 2.65 bits per heavy atom. The Kier molecular flexibility index (Phi) is 4.30. The fourth-order valence-corrected chi connectivity index (χ4v) is 1.77. The fraction of sp³-hybridized carbons (Fsp3) is 0.133. The first-order chi connectivity index (χ1) is 9.70. The first-order valence-corrected chi connectivity index (χ1v) is 6.13. The molecule has 2 rings (SSSR count). The van der Waals surface area contributed by atoms with Gasteiger partial charge in [0.1, 0.15) is 11.9 Å². The number of carboxylic acid groups (broad SMARTS) is 1. The molecule has 0 saturated heterocycles. The van der Waals surface area contributed by atoms with Crippen molar-refractivity contribution in [1.29, 1.82) is 5.26 Å². The number of carbonyl (C=O) groups is 1. The SMILES string of the molecule is N#Cc1ccc(C(=O)O)nc1NCCc1ccccc1. The summed E-state index contributed by atoms with van der Waals surface area (Å²) in [5, 5.41) is 20.9. The lowest BCUT2D eigenvalue weighted by Gasteiger charge is -2.08. The van der Waals surface area contributed by atoms with Crippen molar-refractivity contribution in [3.8, 4) is 6.07 Å². The zero-order chi connectivity index (χ0) is 14.4. The number of carboxylic acids is 1. The van der Waals surface area contributed by atoms with Crippen LogP contribution in [0.2, 0.25) is 0 Å². The zero-order valence-corrected chi connectivity index (χ0v) is 10.7. The molecular weight excluding hydrogens is 254 g/mol. The van der Waals surface area contributed by atoms with Crippen molar-refractivity contribution in [2.45, 2.75) is 6.42 Å². The number of aromatic nitrogens is 1. The molecule has 2 N–H and O–H groups in total. The van der Waals surface area contributed by atoms with Crippen LogP contribution in [0.4, 0.5) is 5.82 Å². The maximum absolute atomic E-state index is 10.9. The van der Waals surface area contributed by atoms with Crippen molar-refractivity contribution >= 4 is 11.8 Å². The summed E-state index contributed by atoms with van der Waals surface area (Å²) < 4.78 is 0. The largest absolute Gasteiger partial charge is 0.477 e. The zero-order valence-electron chi connectivity index (χ0n) is 10.7. The molecule has 0 unspecified atom stereocenters. The van der Waals surface area contributed by atoms with Gasteiger partial charge in [-0.1, -0.05) is 30.3 Å². The molecule has 0 fully saturated rings. The van der Waals surface area contributed by atoms with Gasteiger partial charge in [-0.2, -0.15) is 5.26 Å². The summed E-state index contributed by atoms with van der Waals surface area (Å²) in [5.74, 6) is -0.802. The topological polar surface area (TPSA) is 86.0 Å². The summed E-state index contributed by atoms with van der Waals surface area (Å²) in [7, 11) is 0. The van der Waals surface area contributed by atoms with E-state index in [9.17, 15) is 4.79 Å². The lowest BCUT2D eigenvalue weighted by Crippen LogP contribution is -2.10. The maximum Gasteiger partial charge on any atom is 0.354 e. The van der Waals surface area contributed by atoms with Crippen molar-refractivity contribution in [2.24, 2.45) is 0 Å². The van der Waals surface area contributed by atoms with E-state index < -0.39 is 5.97 Å². The lowest BCUT2D eigenvalue weighted by atomic mass is 10.1. The Balaban J connectivity index is 2.06. The van der Waals surface area contributed by atoms with Gasteiger partial charge in [0.05, 0.1) is 5.56 Å². The van der Waals surface area contributed by atoms with Crippen LogP contribution in [0.25, 0.3) is 0 Å². The number of aromatic carboxylic acids is 1. The van der Waals surface area contributed by atoms with E-state index in [4.69, 9.17) is 10.4 Å².